The quantitative estimate of drug-likeness (QED) is 0.747. The van der Waals surface area contributed by atoms with Gasteiger partial charge in [-0.15, -0.1) is 0 Å². The molecule has 2 aliphatic rings. The number of likely N-dealkylation sites (N-methyl/N-ethyl adjacent to an activating group) is 1. The lowest BCUT2D eigenvalue weighted by atomic mass is 9.85. The zero-order valence-corrected chi connectivity index (χ0v) is 9.83. The molecule has 1 saturated carbocycles. The maximum absolute atomic E-state index is 12.0. The van der Waals surface area contributed by atoms with Crippen LogP contribution in [0.1, 0.15) is 39.0 Å². The normalized spacial score (nSPS) is 34.9. The van der Waals surface area contributed by atoms with E-state index in [1.807, 2.05) is 18.9 Å². The number of carbonyl (C=O) groups is 1. The Morgan fingerprint density at radius 3 is 2.80 bits per heavy atom. The van der Waals surface area contributed by atoms with Gasteiger partial charge in [-0.05, 0) is 32.1 Å². The summed E-state index contributed by atoms with van der Waals surface area (Å²) in [4.78, 5) is 13.8. The molecule has 1 N–H and O–H groups in total. The minimum absolute atomic E-state index is 0.100. The predicted molar refractivity (Wildman–Crippen MR) is 60.6 cm³/mol. The molecule has 1 heterocycles. The number of hydrogen-bond acceptors (Lipinski definition) is 2. The van der Waals surface area contributed by atoms with Crippen LogP contribution in [0.5, 0.6) is 0 Å². The van der Waals surface area contributed by atoms with E-state index in [4.69, 9.17) is 0 Å². The van der Waals surface area contributed by atoms with Crippen LogP contribution in [0.15, 0.2) is 0 Å². The molecule has 1 amide bonds. The van der Waals surface area contributed by atoms with Crippen molar-refractivity contribution in [3.63, 3.8) is 0 Å². The molecule has 86 valence electrons. The third-order valence-corrected chi connectivity index (χ3v) is 4.01. The Bertz CT molecular complexity index is 228. The van der Waals surface area contributed by atoms with E-state index in [-0.39, 0.29) is 11.9 Å². The van der Waals surface area contributed by atoms with Crippen LogP contribution >= 0.6 is 0 Å². The molecule has 1 aliphatic heterocycles. The van der Waals surface area contributed by atoms with Crippen molar-refractivity contribution in [2.24, 2.45) is 5.92 Å². The number of rotatable bonds is 2. The molecule has 3 heteroatoms. The Morgan fingerprint density at radius 1 is 1.40 bits per heavy atom. The number of nitrogens with zero attached hydrogens (tertiary/aromatic N) is 1. The van der Waals surface area contributed by atoms with E-state index < -0.39 is 0 Å². The van der Waals surface area contributed by atoms with E-state index in [9.17, 15) is 4.79 Å². The average Bonchev–Trinajstić information content (AvgIpc) is 2.70. The van der Waals surface area contributed by atoms with Crippen LogP contribution in [0, 0.1) is 5.92 Å². The monoisotopic (exact) mass is 210 g/mol. The second-order valence-electron chi connectivity index (χ2n) is 4.96. The van der Waals surface area contributed by atoms with Crippen LogP contribution in [-0.2, 0) is 4.79 Å². The largest absolute Gasteiger partial charge is 0.345 e. The van der Waals surface area contributed by atoms with Crippen molar-refractivity contribution in [3.8, 4) is 0 Å². The Kier molecular flexibility index (Phi) is 3.29. The van der Waals surface area contributed by atoms with Gasteiger partial charge in [-0.25, -0.2) is 0 Å². The van der Waals surface area contributed by atoms with E-state index >= 15 is 0 Å². The highest BCUT2D eigenvalue weighted by atomic mass is 16.2. The minimum atomic E-state index is 0.100. The van der Waals surface area contributed by atoms with Crippen molar-refractivity contribution in [1.82, 2.24) is 10.2 Å². The van der Waals surface area contributed by atoms with Crippen LogP contribution < -0.4 is 5.32 Å². The molecule has 2 rings (SSSR count). The minimum Gasteiger partial charge on any atom is -0.345 e. The van der Waals surface area contributed by atoms with Gasteiger partial charge in [0.25, 0.3) is 0 Å². The van der Waals surface area contributed by atoms with Gasteiger partial charge in [-0.1, -0.05) is 12.8 Å². The van der Waals surface area contributed by atoms with Crippen LogP contribution in [0.25, 0.3) is 0 Å². The molecule has 0 spiro atoms. The highest BCUT2D eigenvalue weighted by Crippen LogP contribution is 2.33. The Morgan fingerprint density at radius 2 is 2.13 bits per heavy atom. The van der Waals surface area contributed by atoms with E-state index in [0.717, 1.165) is 18.9 Å². The summed E-state index contributed by atoms with van der Waals surface area (Å²) in [6, 6.07) is 0.723. The first kappa shape index (κ1) is 10.9. The van der Waals surface area contributed by atoms with Crippen LogP contribution in [0.4, 0.5) is 0 Å². The van der Waals surface area contributed by atoms with Crippen molar-refractivity contribution >= 4 is 5.91 Å². The summed E-state index contributed by atoms with van der Waals surface area (Å²) in [5.74, 6) is 1.05. The summed E-state index contributed by atoms with van der Waals surface area (Å²) in [6.45, 7) is 2.84. The zero-order chi connectivity index (χ0) is 10.8. The lowest BCUT2D eigenvalue weighted by Crippen LogP contribution is -2.43. The van der Waals surface area contributed by atoms with E-state index in [1.54, 1.807) is 0 Å². The summed E-state index contributed by atoms with van der Waals surface area (Å²) < 4.78 is 0. The van der Waals surface area contributed by atoms with Crippen molar-refractivity contribution in [3.05, 3.63) is 0 Å². The summed E-state index contributed by atoms with van der Waals surface area (Å²) in [6.07, 6.45) is 6.33. The predicted octanol–water partition coefficient (Wildman–Crippen LogP) is 1.39. The van der Waals surface area contributed by atoms with Gasteiger partial charge in [-0.2, -0.15) is 0 Å². The van der Waals surface area contributed by atoms with Gasteiger partial charge in [-0.3, -0.25) is 4.79 Å². The Labute approximate surface area is 92.2 Å². The first-order valence-corrected chi connectivity index (χ1v) is 6.23. The van der Waals surface area contributed by atoms with E-state index in [1.165, 1.54) is 25.7 Å². The molecule has 1 aliphatic carbocycles. The number of amides is 1. The second-order valence-corrected chi connectivity index (χ2v) is 4.96. The van der Waals surface area contributed by atoms with Crippen LogP contribution in [0.3, 0.4) is 0 Å². The van der Waals surface area contributed by atoms with Gasteiger partial charge in [0.2, 0.25) is 5.91 Å². The topological polar surface area (TPSA) is 32.3 Å². The molecule has 3 unspecified atom stereocenters. The van der Waals surface area contributed by atoms with Gasteiger partial charge in [0.1, 0.15) is 0 Å². The lowest BCUT2D eigenvalue weighted by Gasteiger charge is -2.24. The molecule has 3 atom stereocenters. The molecule has 0 aromatic rings. The summed E-state index contributed by atoms with van der Waals surface area (Å²) in [5, 5.41) is 3.52. The average molecular weight is 210 g/mol. The highest BCUT2D eigenvalue weighted by molar-refractivity contribution is 5.82. The van der Waals surface area contributed by atoms with Crippen LogP contribution in [-0.4, -0.2) is 36.5 Å². The molecular formula is C12H22N2O. The molecule has 0 radical (unpaired) electrons. The first-order chi connectivity index (χ1) is 7.22. The Hall–Kier alpha value is -0.570. The molecule has 1 saturated heterocycles. The standard InChI is InChI=1S/C12H22N2O/c1-3-14(2)12(15)11-8-9-6-4-5-7-10(9)13-11/h9-11,13H,3-8H2,1-2H3. The Balaban J connectivity index is 1.93. The number of nitrogens with one attached hydrogen (secondary N) is 1. The zero-order valence-electron chi connectivity index (χ0n) is 9.83. The maximum Gasteiger partial charge on any atom is 0.239 e. The summed E-state index contributed by atoms with van der Waals surface area (Å²) in [5.41, 5.74) is 0. The highest BCUT2D eigenvalue weighted by Gasteiger charge is 2.38. The summed E-state index contributed by atoms with van der Waals surface area (Å²) in [7, 11) is 1.89. The van der Waals surface area contributed by atoms with Gasteiger partial charge in [0.05, 0.1) is 6.04 Å². The molecular weight excluding hydrogens is 188 g/mol. The van der Waals surface area contributed by atoms with Crippen molar-refractivity contribution < 1.29 is 4.79 Å². The molecule has 0 aromatic heterocycles. The number of fused-ring (bicyclic) bond motifs is 1. The molecule has 0 bridgehead atoms. The number of hydrogen-bond donors (Lipinski definition) is 1. The molecule has 3 nitrogen and oxygen atoms in total. The van der Waals surface area contributed by atoms with Crippen molar-refractivity contribution in [2.75, 3.05) is 13.6 Å². The molecule has 2 fully saturated rings. The van der Waals surface area contributed by atoms with Crippen molar-refractivity contribution in [1.29, 1.82) is 0 Å². The second kappa shape index (κ2) is 4.52. The van der Waals surface area contributed by atoms with Gasteiger partial charge < -0.3 is 10.2 Å². The molecule has 15 heavy (non-hydrogen) atoms. The van der Waals surface area contributed by atoms with Gasteiger partial charge >= 0.3 is 0 Å². The smallest absolute Gasteiger partial charge is 0.239 e. The fourth-order valence-electron chi connectivity index (χ4n) is 2.93. The lowest BCUT2D eigenvalue weighted by molar-refractivity contribution is -0.131. The maximum atomic E-state index is 12.0. The van der Waals surface area contributed by atoms with Crippen LogP contribution in [0.2, 0.25) is 0 Å². The van der Waals surface area contributed by atoms with Crippen molar-refractivity contribution in [2.45, 2.75) is 51.1 Å². The summed E-state index contributed by atoms with van der Waals surface area (Å²) >= 11 is 0. The van der Waals surface area contributed by atoms with Gasteiger partial charge in [0.15, 0.2) is 0 Å². The number of carbonyl (C=O) groups excluding carboxylic acids is 1. The molecule has 0 aromatic carbocycles. The SMILES string of the molecule is CCN(C)C(=O)C1CC2CCCCC2N1. The fraction of sp³-hybridized carbons (Fsp3) is 0.917. The fourth-order valence-corrected chi connectivity index (χ4v) is 2.93. The van der Waals surface area contributed by atoms with Gasteiger partial charge in [0, 0.05) is 19.6 Å². The third kappa shape index (κ3) is 2.17. The third-order valence-electron chi connectivity index (χ3n) is 4.01. The van der Waals surface area contributed by atoms with E-state index in [2.05, 4.69) is 5.32 Å². The van der Waals surface area contributed by atoms with E-state index in [0.29, 0.717) is 6.04 Å². The first-order valence-electron chi connectivity index (χ1n) is 6.23.